The first-order valence-electron chi connectivity index (χ1n) is 6.11. The Kier molecular flexibility index (Phi) is 4.68. The molecule has 0 radical (unpaired) electrons. The molecule has 98 valence electrons. The van der Waals surface area contributed by atoms with Gasteiger partial charge in [0.05, 0.1) is 0 Å². The van der Waals surface area contributed by atoms with Crippen molar-refractivity contribution in [2.75, 3.05) is 5.32 Å². The molecular weight excluding hydrogens is 304 g/mol. The number of halogens is 1. The predicted octanol–water partition coefficient (Wildman–Crippen LogP) is 3.72. The van der Waals surface area contributed by atoms with Crippen LogP contribution in [0.4, 0.5) is 5.82 Å². The lowest BCUT2D eigenvalue weighted by Gasteiger charge is -2.07. The van der Waals surface area contributed by atoms with E-state index in [1.54, 1.807) is 6.20 Å². The maximum Gasteiger partial charge on any atom is 0.225 e. The Bertz CT molecular complexity index is 570. The van der Waals surface area contributed by atoms with Gasteiger partial charge in [0.1, 0.15) is 5.82 Å². The zero-order chi connectivity index (χ0) is 13.7. The molecule has 1 aromatic heterocycles. The number of amides is 1. The van der Waals surface area contributed by atoms with Crippen LogP contribution in [0.25, 0.3) is 0 Å². The van der Waals surface area contributed by atoms with E-state index in [-0.39, 0.29) is 5.91 Å². The number of anilines is 1. The average molecular weight is 319 g/mol. The van der Waals surface area contributed by atoms with Crippen LogP contribution in [0.2, 0.25) is 0 Å². The molecule has 0 spiro atoms. The molecule has 0 bridgehead atoms. The number of hydrogen-bond acceptors (Lipinski definition) is 2. The number of pyridine rings is 1. The average Bonchev–Trinajstić information content (AvgIpc) is 2.41. The highest BCUT2D eigenvalue weighted by molar-refractivity contribution is 9.10. The van der Waals surface area contributed by atoms with E-state index in [0.29, 0.717) is 12.2 Å². The molecule has 1 heterocycles. The molecule has 0 fully saturated rings. The molecule has 1 aromatic carbocycles. The predicted molar refractivity (Wildman–Crippen MR) is 80.1 cm³/mol. The van der Waals surface area contributed by atoms with Crippen molar-refractivity contribution in [3.8, 4) is 0 Å². The van der Waals surface area contributed by atoms with Crippen LogP contribution in [-0.2, 0) is 11.2 Å². The van der Waals surface area contributed by atoms with Crippen LogP contribution in [0, 0.1) is 6.92 Å². The van der Waals surface area contributed by atoms with Gasteiger partial charge in [-0.1, -0.05) is 30.3 Å². The summed E-state index contributed by atoms with van der Waals surface area (Å²) in [6.45, 7) is 1.92. The van der Waals surface area contributed by atoms with Gasteiger partial charge in [-0.2, -0.15) is 0 Å². The highest BCUT2D eigenvalue weighted by Gasteiger charge is 2.06. The number of nitrogens with zero attached hydrogens (tertiary/aromatic N) is 1. The Morgan fingerprint density at radius 1 is 1.32 bits per heavy atom. The van der Waals surface area contributed by atoms with E-state index in [9.17, 15) is 4.79 Å². The largest absolute Gasteiger partial charge is 0.310 e. The van der Waals surface area contributed by atoms with Crippen LogP contribution in [0.5, 0.6) is 0 Å². The van der Waals surface area contributed by atoms with Gasteiger partial charge in [-0.25, -0.2) is 4.98 Å². The monoisotopic (exact) mass is 318 g/mol. The van der Waals surface area contributed by atoms with Crippen LogP contribution in [0.1, 0.15) is 17.5 Å². The van der Waals surface area contributed by atoms with Gasteiger partial charge in [-0.3, -0.25) is 4.79 Å². The van der Waals surface area contributed by atoms with Crippen LogP contribution in [0.15, 0.2) is 47.1 Å². The summed E-state index contributed by atoms with van der Waals surface area (Å²) >= 11 is 3.35. The molecule has 19 heavy (non-hydrogen) atoms. The van der Waals surface area contributed by atoms with Crippen molar-refractivity contribution in [2.24, 2.45) is 0 Å². The first-order valence-corrected chi connectivity index (χ1v) is 6.90. The minimum absolute atomic E-state index is 0.0122. The van der Waals surface area contributed by atoms with E-state index in [4.69, 9.17) is 0 Å². The summed E-state index contributed by atoms with van der Waals surface area (Å²) < 4.78 is 0.910. The molecule has 2 aromatic rings. The normalized spacial score (nSPS) is 10.2. The van der Waals surface area contributed by atoms with Crippen LogP contribution >= 0.6 is 15.9 Å². The highest BCUT2D eigenvalue weighted by atomic mass is 79.9. The Morgan fingerprint density at radius 3 is 2.74 bits per heavy atom. The Morgan fingerprint density at radius 2 is 2.05 bits per heavy atom. The van der Waals surface area contributed by atoms with Gasteiger partial charge in [-0.05, 0) is 46.5 Å². The fourth-order valence-electron chi connectivity index (χ4n) is 1.77. The molecule has 0 atom stereocenters. The third-order valence-electron chi connectivity index (χ3n) is 2.79. The zero-order valence-corrected chi connectivity index (χ0v) is 12.3. The molecule has 1 N–H and O–H groups in total. The number of aryl methyl sites for hydroxylation is 2. The highest BCUT2D eigenvalue weighted by Crippen LogP contribution is 2.17. The second kappa shape index (κ2) is 6.48. The van der Waals surface area contributed by atoms with Gasteiger partial charge >= 0.3 is 0 Å². The van der Waals surface area contributed by atoms with Gasteiger partial charge in [-0.15, -0.1) is 0 Å². The number of benzene rings is 1. The maximum absolute atomic E-state index is 11.9. The van der Waals surface area contributed by atoms with Crippen molar-refractivity contribution in [3.63, 3.8) is 0 Å². The molecule has 0 unspecified atom stereocenters. The molecule has 0 aliphatic rings. The maximum atomic E-state index is 11.9. The smallest absolute Gasteiger partial charge is 0.225 e. The Balaban J connectivity index is 1.91. The van der Waals surface area contributed by atoms with E-state index >= 15 is 0 Å². The second-order valence-electron chi connectivity index (χ2n) is 4.35. The van der Waals surface area contributed by atoms with Gasteiger partial charge in [0.15, 0.2) is 0 Å². The van der Waals surface area contributed by atoms with E-state index in [2.05, 4.69) is 26.2 Å². The molecule has 0 aliphatic carbocycles. The first-order chi connectivity index (χ1) is 9.15. The SMILES string of the molecule is Cc1cc(Br)cnc1NC(=O)CCc1ccccc1. The van der Waals surface area contributed by atoms with E-state index in [1.165, 1.54) is 0 Å². The summed E-state index contributed by atoms with van der Waals surface area (Å²) in [7, 11) is 0. The fraction of sp³-hybridized carbons (Fsp3) is 0.200. The molecule has 3 nitrogen and oxygen atoms in total. The number of carbonyl (C=O) groups is 1. The number of rotatable bonds is 4. The van der Waals surface area contributed by atoms with Crippen molar-refractivity contribution in [1.29, 1.82) is 0 Å². The second-order valence-corrected chi connectivity index (χ2v) is 5.27. The van der Waals surface area contributed by atoms with Crippen molar-refractivity contribution in [3.05, 3.63) is 58.2 Å². The number of hydrogen-bond donors (Lipinski definition) is 1. The quantitative estimate of drug-likeness (QED) is 0.933. The first kappa shape index (κ1) is 13.7. The van der Waals surface area contributed by atoms with Gasteiger partial charge in [0.2, 0.25) is 5.91 Å². The van der Waals surface area contributed by atoms with Gasteiger partial charge in [0, 0.05) is 17.1 Å². The van der Waals surface area contributed by atoms with E-state index in [0.717, 1.165) is 22.0 Å². The summed E-state index contributed by atoms with van der Waals surface area (Å²) in [4.78, 5) is 16.1. The number of aromatic nitrogens is 1. The number of carbonyl (C=O) groups excluding carboxylic acids is 1. The van der Waals surface area contributed by atoms with E-state index in [1.807, 2.05) is 43.3 Å². The molecule has 1 amide bonds. The molecule has 0 saturated carbocycles. The van der Waals surface area contributed by atoms with Crippen LogP contribution in [0.3, 0.4) is 0 Å². The lowest BCUT2D eigenvalue weighted by atomic mass is 10.1. The summed E-state index contributed by atoms with van der Waals surface area (Å²) in [5, 5.41) is 2.84. The van der Waals surface area contributed by atoms with Crippen molar-refractivity contribution in [2.45, 2.75) is 19.8 Å². The molecule has 2 rings (SSSR count). The number of nitrogens with one attached hydrogen (secondary N) is 1. The topological polar surface area (TPSA) is 42.0 Å². The summed E-state index contributed by atoms with van der Waals surface area (Å²) in [5.41, 5.74) is 2.11. The zero-order valence-electron chi connectivity index (χ0n) is 10.7. The van der Waals surface area contributed by atoms with Crippen molar-refractivity contribution in [1.82, 2.24) is 4.98 Å². The van der Waals surface area contributed by atoms with Gasteiger partial charge < -0.3 is 5.32 Å². The Hall–Kier alpha value is -1.68. The summed E-state index contributed by atoms with van der Waals surface area (Å²) in [6.07, 6.45) is 2.88. The molecule has 4 heteroatoms. The van der Waals surface area contributed by atoms with Crippen molar-refractivity contribution < 1.29 is 4.79 Å². The third kappa shape index (κ3) is 4.17. The van der Waals surface area contributed by atoms with E-state index < -0.39 is 0 Å². The lowest BCUT2D eigenvalue weighted by Crippen LogP contribution is -2.14. The van der Waals surface area contributed by atoms with Gasteiger partial charge in [0.25, 0.3) is 0 Å². The standard InChI is InChI=1S/C15H15BrN2O/c1-11-9-13(16)10-17-15(11)18-14(19)8-7-12-5-3-2-4-6-12/h2-6,9-10H,7-8H2,1H3,(H,17,18,19). The minimum Gasteiger partial charge on any atom is -0.310 e. The summed E-state index contributed by atoms with van der Waals surface area (Å²) in [6, 6.07) is 11.9. The minimum atomic E-state index is -0.0122. The molecule has 0 aliphatic heterocycles. The molecular formula is C15H15BrN2O. The fourth-order valence-corrected chi connectivity index (χ4v) is 2.21. The van der Waals surface area contributed by atoms with Crippen molar-refractivity contribution >= 4 is 27.7 Å². The summed E-state index contributed by atoms with van der Waals surface area (Å²) in [5.74, 6) is 0.614. The third-order valence-corrected chi connectivity index (χ3v) is 3.22. The lowest BCUT2D eigenvalue weighted by molar-refractivity contribution is -0.116. The molecule has 0 saturated heterocycles. The van der Waals surface area contributed by atoms with Crippen LogP contribution < -0.4 is 5.32 Å². The Labute approximate surface area is 121 Å². The van der Waals surface area contributed by atoms with Crippen LogP contribution in [-0.4, -0.2) is 10.9 Å².